The van der Waals surface area contributed by atoms with Gasteiger partial charge in [-0.25, -0.2) is 9.59 Å². The molecule has 98 valence electrons. The summed E-state index contributed by atoms with van der Waals surface area (Å²) in [5.41, 5.74) is -1.28. The van der Waals surface area contributed by atoms with Crippen LogP contribution in [0.2, 0.25) is 0 Å². The van der Waals surface area contributed by atoms with Crippen LogP contribution in [0.15, 0.2) is 0 Å². The zero-order chi connectivity index (χ0) is 13.2. The highest BCUT2D eigenvalue weighted by atomic mass is 16.4. The number of carboxylic acid groups (broad SMARTS) is 1. The van der Waals surface area contributed by atoms with Crippen molar-refractivity contribution in [2.45, 2.75) is 38.8 Å². The first-order chi connectivity index (χ1) is 7.74. The largest absolute Gasteiger partial charge is 0.480 e. The predicted octanol–water partition coefficient (Wildman–Crippen LogP) is 0.262. The number of carbonyl (C=O) groups excluding carboxylic acids is 1. The third kappa shape index (κ3) is 3.33. The SMILES string of the molecule is CC1CN(C(=O)NC(C)(C)C(=O)O)CCC1O. The summed E-state index contributed by atoms with van der Waals surface area (Å²) < 4.78 is 0. The zero-order valence-corrected chi connectivity index (χ0v) is 10.4. The van der Waals surface area contributed by atoms with E-state index in [4.69, 9.17) is 5.11 Å². The van der Waals surface area contributed by atoms with Crippen LogP contribution in [0.5, 0.6) is 0 Å². The van der Waals surface area contributed by atoms with Crippen molar-refractivity contribution in [1.29, 1.82) is 0 Å². The van der Waals surface area contributed by atoms with E-state index >= 15 is 0 Å². The first-order valence-corrected chi connectivity index (χ1v) is 5.72. The molecule has 1 fully saturated rings. The van der Waals surface area contributed by atoms with Gasteiger partial charge in [0.2, 0.25) is 0 Å². The molecule has 6 heteroatoms. The second-order valence-electron chi connectivity index (χ2n) is 5.14. The van der Waals surface area contributed by atoms with Crippen molar-refractivity contribution < 1.29 is 19.8 Å². The fourth-order valence-corrected chi connectivity index (χ4v) is 1.72. The maximum atomic E-state index is 11.8. The highest BCUT2D eigenvalue weighted by Crippen LogP contribution is 2.17. The normalized spacial score (nSPS) is 25.5. The average Bonchev–Trinajstić information content (AvgIpc) is 2.21. The zero-order valence-electron chi connectivity index (χ0n) is 10.4. The van der Waals surface area contributed by atoms with Gasteiger partial charge in [0.1, 0.15) is 5.54 Å². The van der Waals surface area contributed by atoms with Crippen molar-refractivity contribution >= 4 is 12.0 Å². The van der Waals surface area contributed by atoms with Gasteiger partial charge in [-0.05, 0) is 26.2 Å². The molecule has 0 aromatic heterocycles. The number of piperidine rings is 1. The van der Waals surface area contributed by atoms with Crippen LogP contribution in [0.3, 0.4) is 0 Å². The van der Waals surface area contributed by atoms with E-state index in [9.17, 15) is 14.7 Å². The molecule has 1 saturated heterocycles. The van der Waals surface area contributed by atoms with Crippen molar-refractivity contribution in [3.05, 3.63) is 0 Å². The molecule has 0 bridgehead atoms. The van der Waals surface area contributed by atoms with Crippen molar-refractivity contribution in [2.24, 2.45) is 5.92 Å². The van der Waals surface area contributed by atoms with E-state index in [0.29, 0.717) is 19.5 Å². The molecule has 3 N–H and O–H groups in total. The third-order valence-corrected chi connectivity index (χ3v) is 3.10. The monoisotopic (exact) mass is 244 g/mol. The molecule has 1 aliphatic rings. The van der Waals surface area contributed by atoms with Crippen molar-refractivity contribution in [2.75, 3.05) is 13.1 Å². The van der Waals surface area contributed by atoms with Gasteiger partial charge < -0.3 is 20.4 Å². The number of aliphatic hydroxyl groups is 1. The highest BCUT2D eigenvalue weighted by Gasteiger charge is 2.33. The number of likely N-dealkylation sites (tertiary alicyclic amines) is 1. The topological polar surface area (TPSA) is 89.9 Å². The molecule has 0 aromatic carbocycles. The smallest absolute Gasteiger partial charge is 0.328 e. The Hall–Kier alpha value is -1.30. The van der Waals surface area contributed by atoms with Crippen molar-refractivity contribution in [3.8, 4) is 0 Å². The maximum Gasteiger partial charge on any atom is 0.328 e. The van der Waals surface area contributed by atoms with E-state index in [1.807, 2.05) is 6.92 Å². The van der Waals surface area contributed by atoms with Crippen LogP contribution in [0.1, 0.15) is 27.2 Å². The Bertz CT molecular complexity index is 317. The molecule has 2 atom stereocenters. The molecule has 1 aliphatic heterocycles. The number of nitrogens with one attached hydrogen (secondary N) is 1. The van der Waals surface area contributed by atoms with Gasteiger partial charge in [0, 0.05) is 13.1 Å². The molecule has 0 aliphatic carbocycles. The van der Waals surface area contributed by atoms with Gasteiger partial charge in [-0.3, -0.25) is 0 Å². The van der Waals surface area contributed by atoms with E-state index in [-0.39, 0.29) is 12.0 Å². The number of amides is 2. The Labute approximate surface area is 101 Å². The van der Waals surface area contributed by atoms with Crippen LogP contribution >= 0.6 is 0 Å². The summed E-state index contributed by atoms with van der Waals surface area (Å²) in [5.74, 6) is -1.06. The van der Waals surface area contributed by atoms with Gasteiger partial charge in [-0.1, -0.05) is 6.92 Å². The van der Waals surface area contributed by atoms with Gasteiger partial charge in [-0.15, -0.1) is 0 Å². The number of urea groups is 1. The first-order valence-electron chi connectivity index (χ1n) is 5.72. The summed E-state index contributed by atoms with van der Waals surface area (Å²) in [6.07, 6.45) is 0.147. The molecule has 6 nitrogen and oxygen atoms in total. The number of nitrogens with zero attached hydrogens (tertiary/aromatic N) is 1. The van der Waals surface area contributed by atoms with E-state index in [1.54, 1.807) is 4.90 Å². The average molecular weight is 244 g/mol. The van der Waals surface area contributed by atoms with Gasteiger partial charge in [-0.2, -0.15) is 0 Å². The molecule has 0 saturated carbocycles. The lowest BCUT2D eigenvalue weighted by Crippen LogP contribution is -2.56. The summed E-state index contributed by atoms with van der Waals surface area (Å²) in [6, 6.07) is -0.392. The minimum atomic E-state index is -1.28. The van der Waals surface area contributed by atoms with Crippen molar-refractivity contribution in [1.82, 2.24) is 10.2 Å². The predicted molar refractivity (Wildman–Crippen MR) is 61.6 cm³/mol. The number of carbonyl (C=O) groups is 2. The van der Waals surface area contributed by atoms with Crippen LogP contribution in [0.4, 0.5) is 4.79 Å². The molecular weight excluding hydrogens is 224 g/mol. The fraction of sp³-hybridized carbons (Fsp3) is 0.818. The Morgan fingerprint density at radius 3 is 2.47 bits per heavy atom. The third-order valence-electron chi connectivity index (χ3n) is 3.10. The second kappa shape index (κ2) is 4.91. The molecule has 2 unspecified atom stereocenters. The lowest BCUT2D eigenvalue weighted by atomic mass is 9.97. The summed E-state index contributed by atoms with van der Waals surface area (Å²) >= 11 is 0. The number of hydrogen-bond acceptors (Lipinski definition) is 3. The second-order valence-corrected chi connectivity index (χ2v) is 5.14. The van der Waals surface area contributed by atoms with Crippen LogP contribution in [-0.2, 0) is 4.79 Å². The van der Waals surface area contributed by atoms with E-state index in [0.717, 1.165) is 0 Å². The van der Waals surface area contributed by atoms with Gasteiger partial charge in [0.25, 0.3) is 0 Å². The lowest BCUT2D eigenvalue weighted by Gasteiger charge is -2.36. The Morgan fingerprint density at radius 1 is 1.41 bits per heavy atom. The van der Waals surface area contributed by atoms with Gasteiger partial charge in [0.15, 0.2) is 0 Å². The first kappa shape index (κ1) is 13.8. The van der Waals surface area contributed by atoms with E-state index in [1.165, 1.54) is 13.8 Å². The molecule has 2 amide bonds. The van der Waals surface area contributed by atoms with Gasteiger partial charge in [0.05, 0.1) is 6.10 Å². The number of aliphatic carboxylic acids is 1. The summed E-state index contributed by atoms with van der Waals surface area (Å²) in [6.45, 7) is 5.65. The highest BCUT2D eigenvalue weighted by molar-refractivity contribution is 5.85. The summed E-state index contributed by atoms with van der Waals surface area (Å²) in [7, 11) is 0. The minimum Gasteiger partial charge on any atom is -0.480 e. The Morgan fingerprint density at radius 2 is 2.00 bits per heavy atom. The molecule has 17 heavy (non-hydrogen) atoms. The fourth-order valence-electron chi connectivity index (χ4n) is 1.72. The maximum absolute atomic E-state index is 11.8. The Kier molecular flexibility index (Phi) is 3.98. The van der Waals surface area contributed by atoms with E-state index < -0.39 is 17.5 Å². The molecule has 1 heterocycles. The standard InChI is InChI=1S/C11H20N2O4/c1-7-6-13(5-4-8(7)14)10(17)12-11(2,3)9(15)16/h7-8,14H,4-6H2,1-3H3,(H,12,17)(H,15,16). The van der Waals surface area contributed by atoms with Crippen LogP contribution in [0.25, 0.3) is 0 Å². The minimum absolute atomic E-state index is 0.0161. The molecule has 0 aromatic rings. The molecular formula is C11H20N2O4. The molecule has 1 rings (SSSR count). The van der Waals surface area contributed by atoms with Gasteiger partial charge >= 0.3 is 12.0 Å². The number of hydrogen-bond donors (Lipinski definition) is 3. The van der Waals surface area contributed by atoms with Crippen LogP contribution in [-0.4, -0.2) is 51.8 Å². The molecule has 0 spiro atoms. The van der Waals surface area contributed by atoms with E-state index in [2.05, 4.69) is 5.32 Å². The van der Waals surface area contributed by atoms with Crippen molar-refractivity contribution in [3.63, 3.8) is 0 Å². The quantitative estimate of drug-likeness (QED) is 0.650. The van der Waals surface area contributed by atoms with Crippen LogP contribution < -0.4 is 5.32 Å². The Balaban J connectivity index is 2.57. The summed E-state index contributed by atoms with van der Waals surface area (Å²) in [4.78, 5) is 24.3. The summed E-state index contributed by atoms with van der Waals surface area (Å²) in [5, 5.41) is 20.9. The lowest BCUT2D eigenvalue weighted by molar-refractivity contribution is -0.143. The number of rotatable bonds is 2. The number of aliphatic hydroxyl groups excluding tert-OH is 1. The number of carboxylic acids is 1. The van der Waals surface area contributed by atoms with Crippen LogP contribution in [0, 0.1) is 5.92 Å². The molecule has 0 radical (unpaired) electrons.